The number of amides is 2. The molecule has 0 aliphatic carbocycles. The van der Waals surface area contributed by atoms with E-state index in [-0.39, 0.29) is 25.0 Å². The zero-order valence-corrected chi connectivity index (χ0v) is 43.6. The van der Waals surface area contributed by atoms with E-state index in [1.807, 2.05) is 85.8 Å². The Morgan fingerprint density at radius 3 is 1.92 bits per heavy atom. The highest BCUT2D eigenvalue weighted by Crippen LogP contribution is 2.49. The Morgan fingerprint density at radius 2 is 1.34 bits per heavy atom. The summed E-state index contributed by atoms with van der Waals surface area (Å²) in [4.78, 5) is 34.5. The van der Waals surface area contributed by atoms with Crippen LogP contribution in [-0.2, 0) is 36.2 Å². The topological polar surface area (TPSA) is 137 Å². The summed E-state index contributed by atoms with van der Waals surface area (Å²) >= 11 is 4.90. The van der Waals surface area contributed by atoms with Crippen LogP contribution in [0.1, 0.15) is 72.4 Å². The molecule has 0 N–H and O–H groups in total. The van der Waals surface area contributed by atoms with Crippen molar-refractivity contribution >= 4 is 46.2 Å². The Kier molecular flexibility index (Phi) is 12.3. The summed E-state index contributed by atoms with van der Waals surface area (Å²) < 4.78 is 42.7. The molecule has 4 aliphatic rings. The van der Waals surface area contributed by atoms with Gasteiger partial charge < -0.3 is 42.8 Å². The van der Waals surface area contributed by atoms with E-state index in [0.29, 0.717) is 80.5 Å². The monoisotopic (exact) mass is 1020 g/mol. The van der Waals surface area contributed by atoms with Gasteiger partial charge in [0.15, 0.2) is 11.4 Å². The first-order valence-electron chi connectivity index (χ1n) is 23.8. The molecule has 15 nitrogen and oxygen atoms in total. The van der Waals surface area contributed by atoms with Crippen LogP contribution in [0, 0.1) is 5.92 Å². The van der Waals surface area contributed by atoms with Gasteiger partial charge >= 0.3 is 0 Å². The van der Waals surface area contributed by atoms with Gasteiger partial charge in [0.1, 0.15) is 36.2 Å². The summed E-state index contributed by atoms with van der Waals surface area (Å²) in [6, 6.07) is 14.3. The number of hydrogen-bond donors (Lipinski definition) is 0. The van der Waals surface area contributed by atoms with Gasteiger partial charge in [-0.1, -0.05) is 13.8 Å². The van der Waals surface area contributed by atoms with Crippen LogP contribution in [0.2, 0.25) is 0 Å². The van der Waals surface area contributed by atoms with Gasteiger partial charge in [-0.05, 0) is 67.8 Å². The first-order chi connectivity index (χ1) is 34.3. The van der Waals surface area contributed by atoms with E-state index in [2.05, 4.69) is 49.7 Å². The molecule has 11 rings (SSSR count). The normalized spacial score (nSPS) is 18.0. The molecule has 2 aromatic carbocycles. The third-order valence-corrected chi connectivity index (χ3v) is 16.7. The molecule has 71 heavy (non-hydrogen) atoms. The first-order valence-corrected chi connectivity index (χ1v) is 26.7. The highest BCUT2D eigenvalue weighted by atomic mass is 32.2. The van der Waals surface area contributed by atoms with Crippen LogP contribution < -0.4 is 18.9 Å². The van der Waals surface area contributed by atoms with Gasteiger partial charge in [0, 0.05) is 100 Å². The van der Waals surface area contributed by atoms with Gasteiger partial charge in [-0.25, -0.2) is 9.36 Å². The Hall–Kier alpha value is -6.05. The SMILES string of the molecule is COc1cc2c(cc1SCC(C)C)-c1c(c(C(=O)N3CCOCC3(C)Cc3cc(-c4cc5c(cc4OC)OCc4c(C(=O)N6CCOCC6(C)C)nn(-c6ccsc6)c4-5)cn3C)nn1-c1ccsc1)CO2. The Labute approximate surface area is 425 Å². The summed E-state index contributed by atoms with van der Waals surface area (Å²) in [5.74, 6) is 3.82. The Morgan fingerprint density at radius 1 is 0.761 bits per heavy atom. The van der Waals surface area contributed by atoms with E-state index in [1.54, 1.807) is 48.7 Å². The molecule has 2 fully saturated rings. The number of rotatable bonds is 12. The number of benzene rings is 2. The summed E-state index contributed by atoms with van der Waals surface area (Å²) in [5.41, 5.74) is 8.82. The molecule has 2 saturated heterocycles. The molecule has 0 bridgehead atoms. The quantitative estimate of drug-likeness (QED) is 0.108. The van der Waals surface area contributed by atoms with Crippen LogP contribution in [-0.4, -0.2) is 116 Å². The number of aryl methyl sites for hydroxylation is 1. The van der Waals surface area contributed by atoms with Crippen molar-refractivity contribution in [2.45, 2.75) is 70.2 Å². The maximum Gasteiger partial charge on any atom is 0.275 e. The standard InChI is InChI=1S/C53H57N7O8S3/c1-31(2)26-71-45-19-38-43(21-44(45)64-8)68-25-40-47(55-60(49(38)40)34-10-16-70-28-34)51(62)58-12-14-66-30-53(58,5)22-35-17-32(23-56(35)6)36-18-37-42(20-41(36)63-7)67-24-39-46(50(61)57-11-13-65-29-52(57,3)4)54-59(48(37)39)33-9-15-69-27-33/h9-10,15-21,23,27-28,31H,11-14,22,24-26,29-30H2,1-8H3. The van der Waals surface area contributed by atoms with Crippen LogP contribution in [0.4, 0.5) is 0 Å². The molecule has 370 valence electrons. The van der Waals surface area contributed by atoms with Gasteiger partial charge in [-0.15, -0.1) is 11.8 Å². The van der Waals surface area contributed by atoms with Crippen molar-refractivity contribution < 1.29 is 38.0 Å². The van der Waals surface area contributed by atoms with Crippen LogP contribution in [0.3, 0.4) is 0 Å². The molecule has 0 spiro atoms. The largest absolute Gasteiger partial charge is 0.496 e. The number of morpholine rings is 2. The maximum atomic E-state index is 15.3. The Bertz CT molecular complexity index is 3170. The molecule has 0 radical (unpaired) electrons. The summed E-state index contributed by atoms with van der Waals surface area (Å²) in [6.45, 7) is 13.4. The lowest BCUT2D eigenvalue weighted by molar-refractivity contribution is -0.0457. The van der Waals surface area contributed by atoms with Crippen molar-refractivity contribution in [3.05, 3.63) is 98.4 Å². The zero-order chi connectivity index (χ0) is 49.3. The van der Waals surface area contributed by atoms with Crippen molar-refractivity contribution in [3.8, 4) is 68.0 Å². The smallest absolute Gasteiger partial charge is 0.275 e. The summed E-state index contributed by atoms with van der Waals surface area (Å²) in [6.07, 6.45) is 2.58. The minimum absolute atomic E-state index is 0.148. The number of fused-ring (bicyclic) bond motifs is 6. The fraction of sp³-hybridized carbons (Fsp3) is 0.396. The summed E-state index contributed by atoms with van der Waals surface area (Å²) in [7, 11) is 5.37. The second-order valence-corrected chi connectivity index (χ2v) is 22.4. The number of hydrogen-bond acceptors (Lipinski definition) is 13. The molecule has 9 heterocycles. The van der Waals surface area contributed by atoms with Gasteiger partial charge in [0.2, 0.25) is 0 Å². The van der Waals surface area contributed by atoms with Crippen LogP contribution >= 0.6 is 34.4 Å². The van der Waals surface area contributed by atoms with Crippen molar-refractivity contribution in [1.29, 1.82) is 0 Å². The molecule has 18 heteroatoms. The molecule has 1 unspecified atom stereocenters. The number of nitrogens with zero attached hydrogens (tertiary/aromatic N) is 7. The van der Waals surface area contributed by atoms with Crippen molar-refractivity contribution in [3.63, 3.8) is 0 Å². The van der Waals surface area contributed by atoms with Gasteiger partial charge in [-0.3, -0.25) is 9.59 Å². The number of thioether (sulfide) groups is 1. The van der Waals surface area contributed by atoms with Gasteiger partial charge in [0.25, 0.3) is 11.8 Å². The van der Waals surface area contributed by atoms with Crippen LogP contribution in [0.5, 0.6) is 23.0 Å². The van der Waals surface area contributed by atoms with Crippen molar-refractivity contribution in [2.75, 3.05) is 59.5 Å². The van der Waals surface area contributed by atoms with Crippen molar-refractivity contribution in [2.24, 2.45) is 13.0 Å². The predicted octanol–water partition coefficient (Wildman–Crippen LogP) is 9.80. The van der Waals surface area contributed by atoms with Gasteiger partial charge in [-0.2, -0.15) is 32.9 Å². The average molecular weight is 1020 g/mol. The second kappa shape index (κ2) is 18.5. The first kappa shape index (κ1) is 47.3. The van der Waals surface area contributed by atoms with E-state index in [1.165, 1.54) is 0 Å². The van der Waals surface area contributed by atoms with Crippen LogP contribution in [0.25, 0.3) is 45.0 Å². The number of methoxy groups -OCH3 is 2. The van der Waals surface area contributed by atoms with Crippen LogP contribution in [0.15, 0.2) is 75.1 Å². The maximum absolute atomic E-state index is 15.3. The molecule has 4 aliphatic heterocycles. The van der Waals surface area contributed by atoms with Crippen molar-refractivity contribution in [1.82, 2.24) is 33.9 Å². The van der Waals surface area contributed by atoms with E-state index in [0.717, 1.165) is 78.2 Å². The number of carbonyl (C=O) groups is 2. The molecule has 0 saturated carbocycles. The molecule has 7 aromatic rings. The number of carbonyl (C=O) groups excluding carboxylic acids is 2. The summed E-state index contributed by atoms with van der Waals surface area (Å²) in [5, 5.41) is 18.3. The molecular weight excluding hydrogens is 959 g/mol. The third-order valence-electron chi connectivity index (χ3n) is 13.9. The fourth-order valence-corrected chi connectivity index (χ4v) is 12.5. The lowest BCUT2D eigenvalue weighted by Gasteiger charge is -2.44. The number of ether oxygens (including phenoxy) is 6. The number of aromatic nitrogens is 5. The minimum atomic E-state index is -0.743. The fourth-order valence-electron chi connectivity index (χ4n) is 10.2. The molecular formula is C53H57N7O8S3. The van der Waals surface area contributed by atoms with E-state index in [4.69, 9.17) is 38.6 Å². The average Bonchev–Trinajstić information content (AvgIpc) is 4.23. The van der Waals surface area contributed by atoms with Gasteiger partial charge in [0.05, 0.1) is 79.4 Å². The van der Waals surface area contributed by atoms with E-state index in [9.17, 15) is 4.79 Å². The minimum Gasteiger partial charge on any atom is -0.496 e. The lowest BCUT2D eigenvalue weighted by atomic mass is 9.91. The molecule has 5 aromatic heterocycles. The second-order valence-electron chi connectivity index (χ2n) is 19.8. The molecule has 1 atom stereocenters. The van der Waals surface area contributed by atoms with E-state index < -0.39 is 11.1 Å². The predicted molar refractivity (Wildman–Crippen MR) is 275 cm³/mol. The number of thiophene rings is 2. The highest BCUT2D eigenvalue weighted by Gasteiger charge is 2.44. The molecule has 2 amide bonds. The highest BCUT2D eigenvalue weighted by molar-refractivity contribution is 7.99. The zero-order valence-electron chi connectivity index (χ0n) is 41.2. The van der Waals surface area contributed by atoms with E-state index >= 15 is 4.79 Å². The lowest BCUT2D eigenvalue weighted by Crippen LogP contribution is -2.59. The Balaban J connectivity index is 0.941. The third kappa shape index (κ3) is 8.30.